The first-order valence-corrected chi connectivity index (χ1v) is 28.8. The minimum Gasteiger partial charge on any atom is -0.726 e. The Labute approximate surface area is 573 Å². The van der Waals surface area contributed by atoms with Crippen LogP contribution in [0.5, 0.6) is 0 Å². The molecule has 1 amide bonds. The van der Waals surface area contributed by atoms with Crippen LogP contribution >= 0.6 is 23.5 Å². The number of hydrogen-bond acceptors (Lipinski definition) is 32. The molecule has 4 unspecified atom stereocenters. The Morgan fingerprint density at radius 3 is 1.23 bits per heavy atom. The van der Waals surface area contributed by atoms with Gasteiger partial charge in [-0.25, -0.2) is 50.5 Å². The first kappa shape index (κ1) is 97.0. The minimum absolute atomic E-state index is 0. The average molecular weight is 1290 g/mol. The van der Waals surface area contributed by atoms with Gasteiger partial charge in [-0.15, -0.1) is 0 Å². The Hall–Kier alpha value is 3.87. The van der Waals surface area contributed by atoms with E-state index in [4.69, 9.17) is 4.74 Å². The van der Waals surface area contributed by atoms with E-state index in [9.17, 15) is 102 Å². The number of thioether (sulfide) groups is 2. The fourth-order valence-corrected chi connectivity index (χ4v) is 8.45. The third-order valence-corrected chi connectivity index (χ3v) is 11.9. The van der Waals surface area contributed by atoms with Gasteiger partial charge >= 0.3 is 183 Å². The van der Waals surface area contributed by atoms with E-state index in [1.54, 1.807) is 0 Å². The summed E-state index contributed by atoms with van der Waals surface area (Å²) in [6.07, 6.45) is -3.37. The molecule has 0 heterocycles. The van der Waals surface area contributed by atoms with E-state index in [2.05, 4.69) is 30.4 Å². The zero-order valence-electron chi connectivity index (χ0n) is 42.1. The summed E-state index contributed by atoms with van der Waals surface area (Å²) in [6, 6.07) is 0. The zero-order valence-corrected chi connectivity index (χ0v) is 60.7. The quantitative estimate of drug-likeness (QED) is 0.0200. The Balaban J connectivity index is -0.000000118. The molecule has 0 aromatic carbocycles. The molecule has 0 radical (unpaired) electrons. The number of ketones is 3. The van der Waals surface area contributed by atoms with E-state index in [0.29, 0.717) is 25.0 Å². The van der Waals surface area contributed by atoms with Crippen molar-refractivity contribution in [3.63, 3.8) is 0 Å². The molecule has 0 aromatic heterocycles. The van der Waals surface area contributed by atoms with Gasteiger partial charge in [0.05, 0.1) is 32.3 Å². The number of nitrogens with one attached hydrogen (secondary N) is 1. The van der Waals surface area contributed by atoms with Crippen molar-refractivity contribution in [2.24, 2.45) is 5.92 Å². The molecule has 0 aromatic rings. The van der Waals surface area contributed by atoms with Gasteiger partial charge in [-0.05, 0) is 38.9 Å². The van der Waals surface area contributed by atoms with E-state index in [0.717, 1.165) is 11.8 Å². The molecule has 74 heavy (non-hydrogen) atoms. The number of esters is 1. The van der Waals surface area contributed by atoms with Gasteiger partial charge in [-0.1, -0.05) is 6.92 Å². The molecule has 404 valence electrons. The van der Waals surface area contributed by atoms with Crippen molar-refractivity contribution in [2.75, 3.05) is 56.0 Å². The molecule has 0 bridgehead atoms. The van der Waals surface area contributed by atoms with Crippen LogP contribution < -0.4 is 183 Å². The van der Waals surface area contributed by atoms with Gasteiger partial charge in [0, 0.05) is 49.9 Å². The third-order valence-electron chi connectivity index (χ3n) is 6.62. The molecule has 0 spiro atoms. The van der Waals surface area contributed by atoms with Crippen LogP contribution in [0.4, 0.5) is 0 Å². The summed E-state index contributed by atoms with van der Waals surface area (Å²) in [4.78, 5) is 55.0. The van der Waals surface area contributed by atoms with Crippen molar-refractivity contribution in [1.29, 1.82) is 0 Å². The molecule has 0 aliphatic carbocycles. The standard InChI is InChI=1S/C11H21NO11S3.C9H16O10S2.C9H18O9S3.6Na/c1-8(11(14)21-4-3-12-9(2)13)6-24-7-10(23-26(18,19)20)5-22-25(15,16)17;1-7(10)2-3-8(11)4-5-9(19-21(15,16)17)6-18-20(12,13)14;1-8(10)4-2-3-5-19-7-9(18-21(14,15)16)6-17-20(11,12)13;;;;;;/h8,10H,3-7H2,1-2H3,(H,12,13)(H,15,16,17)(H,18,19,20);9H,2-6H2,1H3,(H,12,13,14)(H,15,16,17);9H,2-7H2,1H3,(H,11,12,13)(H,14,15,16);;;;;;/q;;;6*+1/p-6. The van der Waals surface area contributed by atoms with Crippen LogP contribution in [0.1, 0.15) is 72.6 Å². The monoisotopic (exact) mass is 1280 g/mol. The normalized spacial score (nSPS) is 13.0. The summed E-state index contributed by atoms with van der Waals surface area (Å²) in [7, 11) is -30.5. The second-order valence-corrected chi connectivity index (χ2v) is 21.5. The van der Waals surface area contributed by atoms with Crippen LogP contribution in [0.25, 0.3) is 0 Å². The Morgan fingerprint density at radius 2 is 0.865 bits per heavy atom. The van der Waals surface area contributed by atoms with Crippen LogP contribution in [-0.2, 0) is 116 Å². The van der Waals surface area contributed by atoms with Crippen molar-refractivity contribution in [2.45, 2.75) is 91.0 Å². The van der Waals surface area contributed by atoms with E-state index in [1.165, 1.54) is 39.5 Å². The molecule has 1 N–H and O–H groups in total. The van der Waals surface area contributed by atoms with Crippen molar-refractivity contribution >= 4 is 115 Å². The number of Topliss-reactive ketones (excluding diaryl/α,β-unsaturated/α-hetero) is 3. The maximum atomic E-state index is 11.7. The Morgan fingerprint density at radius 1 is 0.486 bits per heavy atom. The summed E-state index contributed by atoms with van der Waals surface area (Å²) in [5.41, 5.74) is 0. The van der Waals surface area contributed by atoms with Gasteiger partial charge in [-0.2, -0.15) is 23.5 Å². The molecule has 0 rings (SSSR count). The fraction of sp³-hybridized carbons (Fsp3) is 0.828. The smallest absolute Gasteiger partial charge is 0.726 e. The summed E-state index contributed by atoms with van der Waals surface area (Å²) in [6.45, 7) is 2.89. The molecular weight excluding hydrogens is 1240 g/mol. The van der Waals surface area contributed by atoms with Crippen molar-refractivity contribution < 1.29 is 309 Å². The van der Waals surface area contributed by atoms with Crippen molar-refractivity contribution in [3.05, 3.63) is 0 Å². The largest absolute Gasteiger partial charge is 1.00 e. The molecule has 0 aliphatic heterocycles. The molecule has 4 atom stereocenters. The van der Waals surface area contributed by atoms with Crippen molar-refractivity contribution in [3.8, 4) is 0 Å². The maximum Gasteiger partial charge on any atom is 1.00 e. The SMILES string of the molecule is CC(=O)CCC(=O)CCC(COS(=O)(=O)[O-])OS(=O)(=O)[O-].CC(=O)CCCCSCC(COS(=O)(=O)[O-])OS(=O)(=O)[O-].CC(=O)NCCOC(=O)C(C)CSCC(COS(=O)(=O)[O-])OS(=O)(=O)[O-].[Na+].[Na+].[Na+].[Na+].[Na+].[Na+]. The molecule has 0 fully saturated rings. The second-order valence-electron chi connectivity index (χ2n) is 13.1. The van der Waals surface area contributed by atoms with Crippen molar-refractivity contribution in [1.82, 2.24) is 5.32 Å². The summed E-state index contributed by atoms with van der Waals surface area (Å²) in [5, 5.41) is 2.43. The van der Waals surface area contributed by atoms with E-state index >= 15 is 0 Å². The summed E-state index contributed by atoms with van der Waals surface area (Å²) >= 11 is 2.15. The predicted octanol–water partition coefficient (Wildman–Crippen LogP) is -20.8. The van der Waals surface area contributed by atoms with Crippen LogP contribution in [0.3, 0.4) is 0 Å². The van der Waals surface area contributed by atoms with Crippen LogP contribution in [0.2, 0.25) is 0 Å². The van der Waals surface area contributed by atoms with Gasteiger partial charge in [0.25, 0.3) is 0 Å². The number of hydrogen-bond donors (Lipinski definition) is 1. The number of ether oxygens (including phenoxy) is 1. The topological polar surface area (TPSA) is 505 Å². The maximum absolute atomic E-state index is 11.7. The third kappa shape index (κ3) is 80.1. The molecule has 0 saturated heterocycles. The van der Waals surface area contributed by atoms with Crippen LogP contribution in [0.15, 0.2) is 0 Å². The zero-order chi connectivity index (χ0) is 53.6. The number of carbonyl (C=O) groups is 5. The van der Waals surface area contributed by atoms with Crippen LogP contribution in [-0.4, -0.2) is 181 Å². The number of carbonyl (C=O) groups excluding carboxylic acids is 5. The number of rotatable bonds is 36. The van der Waals surface area contributed by atoms with E-state index in [1.807, 2.05) is 0 Å². The van der Waals surface area contributed by atoms with Crippen LogP contribution in [0, 0.1) is 5.92 Å². The number of unbranched alkanes of at least 4 members (excludes halogenated alkanes) is 1. The Kier molecular flexibility index (Phi) is 67.3. The molecule has 31 nitrogen and oxygen atoms in total. The Bertz CT molecular complexity index is 2260. The first-order chi connectivity index (χ1) is 30.7. The van der Waals surface area contributed by atoms with Gasteiger partial charge in [0.15, 0.2) is 0 Å². The van der Waals surface area contributed by atoms with Gasteiger partial charge < -0.3 is 47.0 Å². The summed E-state index contributed by atoms with van der Waals surface area (Å²) < 4.78 is 216. The second kappa shape index (κ2) is 51.3. The van der Waals surface area contributed by atoms with E-state index < -0.39 is 118 Å². The fourth-order valence-electron chi connectivity index (χ4n) is 3.86. The molecular formula is C29H49NNa6O30S8. The number of amides is 1. The first-order valence-electron chi connectivity index (χ1n) is 18.5. The van der Waals surface area contributed by atoms with E-state index in [-0.39, 0.29) is 251 Å². The average Bonchev–Trinajstić information content (AvgIpc) is 3.13. The predicted molar refractivity (Wildman–Crippen MR) is 223 cm³/mol. The molecule has 0 aliphatic rings. The van der Waals surface area contributed by atoms with Gasteiger partial charge in [0.1, 0.15) is 42.3 Å². The van der Waals surface area contributed by atoms with Gasteiger partial charge in [0.2, 0.25) is 68.3 Å². The molecule has 0 saturated carbocycles. The van der Waals surface area contributed by atoms with Gasteiger partial charge in [-0.3, -0.25) is 39.5 Å². The summed E-state index contributed by atoms with van der Waals surface area (Å²) in [5.74, 6) is -1.62. The minimum atomic E-state index is -5.16. The molecule has 45 heteroatoms.